The molecule has 88 valence electrons. The molecule has 2 heteroatoms. The highest BCUT2D eigenvalue weighted by molar-refractivity contribution is 5.59. The number of carbonyl (C=O) groups excluding carboxylic acids is 1. The fourth-order valence-electron chi connectivity index (χ4n) is 2.34. The second-order valence-electron chi connectivity index (χ2n) is 5.15. The zero-order valence-electron chi connectivity index (χ0n) is 10.5. The number of likely N-dealkylation sites (tertiary alicyclic amines) is 1. The molecule has 0 N–H and O–H groups in total. The smallest absolute Gasteiger partial charge is 0.127 e. The van der Waals surface area contributed by atoms with Crippen LogP contribution in [0.4, 0.5) is 0 Å². The van der Waals surface area contributed by atoms with E-state index in [2.05, 4.69) is 25.7 Å². The first-order chi connectivity index (χ1) is 7.15. The van der Waals surface area contributed by atoms with Crippen molar-refractivity contribution in [1.29, 1.82) is 0 Å². The zero-order chi connectivity index (χ0) is 11.3. The van der Waals surface area contributed by atoms with E-state index in [1.54, 1.807) is 0 Å². The average Bonchev–Trinajstić information content (AvgIpc) is 2.29. The summed E-state index contributed by atoms with van der Waals surface area (Å²) in [5, 5.41) is 0. The lowest BCUT2D eigenvalue weighted by Crippen LogP contribution is -2.42. The largest absolute Gasteiger partial charge is 0.303 e. The highest BCUT2D eigenvalue weighted by Gasteiger charge is 2.29. The van der Waals surface area contributed by atoms with E-state index in [4.69, 9.17) is 0 Å². The molecular weight excluding hydrogens is 186 g/mol. The molecule has 0 amide bonds. The van der Waals surface area contributed by atoms with Gasteiger partial charge in [0, 0.05) is 12.0 Å². The first-order valence-electron chi connectivity index (χ1n) is 6.34. The van der Waals surface area contributed by atoms with Crippen molar-refractivity contribution in [3.8, 4) is 0 Å². The van der Waals surface area contributed by atoms with Crippen LogP contribution in [0.1, 0.15) is 46.5 Å². The third-order valence-electron chi connectivity index (χ3n) is 4.07. The van der Waals surface area contributed by atoms with E-state index in [0.29, 0.717) is 0 Å². The zero-order valence-corrected chi connectivity index (χ0v) is 10.5. The highest BCUT2D eigenvalue weighted by atomic mass is 16.1. The topological polar surface area (TPSA) is 20.3 Å². The number of nitrogens with zero attached hydrogens (tertiary/aromatic N) is 1. The van der Waals surface area contributed by atoms with Gasteiger partial charge in [-0.1, -0.05) is 20.8 Å². The number of piperidine rings is 1. The summed E-state index contributed by atoms with van der Waals surface area (Å²) >= 11 is 0. The van der Waals surface area contributed by atoms with E-state index >= 15 is 0 Å². The highest BCUT2D eigenvalue weighted by Crippen LogP contribution is 2.27. The molecule has 0 unspecified atom stereocenters. The lowest BCUT2D eigenvalue weighted by atomic mass is 9.82. The van der Waals surface area contributed by atoms with Crippen LogP contribution in [0.2, 0.25) is 0 Å². The molecule has 1 heterocycles. The van der Waals surface area contributed by atoms with Gasteiger partial charge < -0.3 is 9.69 Å². The lowest BCUT2D eigenvalue weighted by molar-refractivity contribution is -0.118. The van der Waals surface area contributed by atoms with Crippen LogP contribution in [0.15, 0.2) is 0 Å². The summed E-state index contributed by atoms with van der Waals surface area (Å²) in [5.74, 6) is 0.870. The van der Waals surface area contributed by atoms with Gasteiger partial charge >= 0.3 is 0 Å². The van der Waals surface area contributed by atoms with Crippen LogP contribution in [0, 0.1) is 11.3 Å². The van der Waals surface area contributed by atoms with Gasteiger partial charge in [-0.2, -0.15) is 0 Å². The predicted octanol–water partition coefficient (Wildman–Crippen LogP) is 2.72. The van der Waals surface area contributed by atoms with Crippen molar-refractivity contribution in [3.05, 3.63) is 0 Å². The summed E-state index contributed by atoms with van der Waals surface area (Å²) in [7, 11) is 0. The van der Waals surface area contributed by atoms with E-state index < -0.39 is 0 Å². The Morgan fingerprint density at radius 3 is 2.20 bits per heavy atom. The standard InChI is InChI=1S/C13H25NO/c1-4-13(5-2,11-15)10-14-8-6-12(3)7-9-14/h11-12H,4-10H2,1-3H3. The molecular formula is C13H25NO. The van der Waals surface area contributed by atoms with Gasteiger partial charge in [-0.3, -0.25) is 0 Å². The van der Waals surface area contributed by atoms with Gasteiger partial charge in [-0.05, 0) is 44.7 Å². The van der Waals surface area contributed by atoms with Gasteiger partial charge in [0.25, 0.3) is 0 Å². The normalized spacial score (nSPS) is 20.5. The maximum atomic E-state index is 11.2. The van der Waals surface area contributed by atoms with Crippen molar-refractivity contribution in [3.63, 3.8) is 0 Å². The van der Waals surface area contributed by atoms with Crippen molar-refractivity contribution in [2.75, 3.05) is 19.6 Å². The van der Waals surface area contributed by atoms with Gasteiger partial charge in [0.05, 0.1) is 0 Å². The minimum Gasteiger partial charge on any atom is -0.303 e. The second kappa shape index (κ2) is 5.64. The summed E-state index contributed by atoms with van der Waals surface area (Å²) in [4.78, 5) is 13.7. The van der Waals surface area contributed by atoms with Gasteiger partial charge in [0.15, 0.2) is 0 Å². The molecule has 2 nitrogen and oxygen atoms in total. The summed E-state index contributed by atoms with van der Waals surface area (Å²) in [6, 6.07) is 0. The number of carbonyl (C=O) groups is 1. The van der Waals surface area contributed by atoms with Crippen LogP contribution in [0.25, 0.3) is 0 Å². The first kappa shape index (κ1) is 12.7. The molecule has 0 aromatic carbocycles. The van der Waals surface area contributed by atoms with E-state index in [1.165, 1.54) is 32.2 Å². The Kier molecular flexibility index (Phi) is 4.78. The Morgan fingerprint density at radius 2 is 1.80 bits per heavy atom. The molecule has 0 radical (unpaired) electrons. The Balaban J connectivity index is 2.48. The van der Waals surface area contributed by atoms with Gasteiger partial charge in [0.2, 0.25) is 0 Å². The summed E-state index contributed by atoms with van der Waals surface area (Å²) in [5.41, 5.74) is -0.0828. The van der Waals surface area contributed by atoms with Crippen LogP contribution in [-0.2, 0) is 4.79 Å². The third-order valence-corrected chi connectivity index (χ3v) is 4.07. The fraction of sp³-hybridized carbons (Fsp3) is 0.923. The van der Waals surface area contributed by atoms with Gasteiger partial charge in [-0.15, -0.1) is 0 Å². The maximum Gasteiger partial charge on any atom is 0.127 e. The summed E-state index contributed by atoms with van der Waals surface area (Å²) in [6.45, 7) is 9.91. The Labute approximate surface area is 94.0 Å². The predicted molar refractivity (Wildman–Crippen MR) is 63.9 cm³/mol. The lowest BCUT2D eigenvalue weighted by Gasteiger charge is -2.36. The minimum absolute atomic E-state index is 0.0828. The molecule has 0 atom stereocenters. The van der Waals surface area contributed by atoms with Crippen molar-refractivity contribution in [2.45, 2.75) is 46.5 Å². The number of hydrogen-bond donors (Lipinski definition) is 0. The summed E-state index contributed by atoms with van der Waals surface area (Å²) in [6.07, 6.45) is 5.72. The Bertz CT molecular complexity index is 191. The van der Waals surface area contributed by atoms with E-state index in [0.717, 1.165) is 25.3 Å². The van der Waals surface area contributed by atoms with Gasteiger partial charge in [0.1, 0.15) is 6.29 Å². The Morgan fingerprint density at radius 1 is 1.27 bits per heavy atom. The maximum absolute atomic E-state index is 11.2. The Hall–Kier alpha value is -0.370. The number of hydrogen-bond acceptors (Lipinski definition) is 2. The average molecular weight is 211 g/mol. The molecule has 0 saturated carbocycles. The molecule has 15 heavy (non-hydrogen) atoms. The molecule has 0 spiro atoms. The van der Waals surface area contributed by atoms with Crippen LogP contribution >= 0.6 is 0 Å². The molecule has 0 bridgehead atoms. The quantitative estimate of drug-likeness (QED) is 0.652. The molecule has 0 aliphatic carbocycles. The van der Waals surface area contributed by atoms with E-state index in [1.807, 2.05) is 0 Å². The van der Waals surface area contributed by atoms with Crippen LogP contribution in [0.5, 0.6) is 0 Å². The molecule has 1 fully saturated rings. The summed E-state index contributed by atoms with van der Waals surface area (Å²) < 4.78 is 0. The molecule has 1 rings (SSSR count). The molecule has 1 saturated heterocycles. The van der Waals surface area contributed by atoms with E-state index in [9.17, 15) is 4.79 Å². The first-order valence-corrected chi connectivity index (χ1v) is 6.34. The van der Waals surface area contributed by atoms with Crippen molar-refractivity contribution in [1.82, 2.24) is 4.90 Å². The van der Waals surface area contributed by atoms with Crippen LogP contribution in [0.3, 0.4) is 0 Å². The molecule has 1 aliphatic heterocycles. The molecule has 1 aliphatic rings. The van der Waals surface area contributed by atoms with Crippen molar-refractivity contribution in [2.24, 2.45) is 11.3 Å². The number of aldehydes is 1. The second-order valence-corrected chi connectivity index (χ2v) is 5.15. The van der Waals surface area contributed by atoms with Crippen LogP contribution in [-0.4, -0.2) is 30.8 Å². The SMILES string of the molecule is CCC(C=O)(CC)CN1CCC(C)CC1. The van der Waals surface area contributed by atoms with Crippen molar-refractivity contribution >= 4 is 6.29 Å². The minimum atomic E-state index is -0.0828. The number of rotatable bonds is 5. The molecule has 0 aromatic rings. The van der Waals surface area contributed by atoms with Gasteiger partial charge in [-0.25, -0.2) is 0 Å². The third kappa shape index (κ3) is 3.30. The monoisotopic (exact) mass is 211 g/mol. The van der Waals surface area contributed by atoms with Crippen LogP contribution < -0.4 is 0 Å². The van der Waals surface area contributed by atoms with E-state index in [-0.39, 0.29) is 5.41 Å². The fourth-order valence-corrected chi connectivity index (χ4v) is 2.34. The molecule has 0 aromatic heterocycles. The van der Waals surface area contributed by atoms with Crippen molar-refractivity contribution < 1.29 is 4.79 Å².